The molecule has 8 heavy (non-hydrogen) atoms. The fourth-order valence-electron chi connectivity index (χ4n) is 0. The molecule has 0 aliphatic heterocycles. The second kappa shape index (κ2) is 22.8. The molecule has 1 nitrogen and oxygen atoms in total. The number of rotatable bonds is 0. The van der Waals surface area contributed by atoms with Crippen molar-refractivity contribution < 1.29 is 131 Å². The maximum atomic E-state index is 2.45. The van der Waals surface area contributed by atoms with Crippen LogP contribution in [-0.4, -0.2) is 11.5 Å². The molecule has 0 saturated heterocycles. The summed E-state index contributed by atoms with van der Waals surface area (Å²) in [6.07, 6.45) is 0. The van der Waals surface area contributed by atoms with Gasteiger partial charge in [0.05, 0.1) is 0 Å². The first-order valence-corrected chi connectivity index (χ1v) is 2.00. The third-order valence-electron chi connectivity index (χ3n) is 0. The van der Waals surface area contributed by atoms with E-state index in [1.54, 1.807) is 0 Å². The summed E-state index contributed by atoms with van der Waals surface area (Å²) in [6.45, 7) is 0. The van der Waals surface area contributed by atoms with E-state index in [2.05, 4.69) is 18.8 Å². The van der Waals surface area contributed by atoms with E-state index in [0.717, 1.165) is 0 Å². The predicted molar refractivity (Wildman–Crippen MR) is 27.2 cm³/mol. The Balaban J connectivity index is -0.00000000750. The van der Waals surface area contributed by atoms with Crippen LogP contribution in [-0.2, 0) is 131 Å². The van der Waals surface area contributed by atoms with E-state index < -0.39 is 0 Å². The van der Waals surface area contributed by atoms with E-state index in [1.165, 1.54) is 0 Å². The maximum absolute atomic E-state index is 2.45. The molecule has 0 rings (SSSR count). The third kappa shape index (κ3) is 42.9. The summed E-state index contributed by atoms with van der Waals surface area (Å²) in [5, 5.41) is 0. The summed E-state index contributed by atoms with van der Waals surface area (Å²) < 4.78 is 1.83. The monoisotopic (exact) mass is 451 g/mol. The molecule has 0 fully saturated rings. The van der Waals surface area contributed by atoms with Gasteiger partial charge in [0.15, 0.2) is 0 Å². The molecule has 0 aromatic heterocycles. The molecule has 0 N–H and O–H groups in total. The Bertz CT molecular complexity index is 18.8. The summed E-state index contributed by atoms with van der Waals surface area (Å²) in [5.41, 5.74) is 0. The fourth-order valence-corrected chi connectivity index (χ4v) is 0. The normalized spacial score (nSPS) is 4.50. The van der Waals surface area contributed by atoms with E-state index in [9.17, 15) is 0 Å². The average Bonchev–Trinajstić information content (AvgIpc) is 0.811. The van der Waals surface area contributed by atoms with Crippen LogP contribution in [0.15, 0.2) is 0 Å². The van der Waals surface area contributed by atoms with Crippen molar-refractivity contribution in [2.75, 3.05) is 7.05 Å². The van der Waals surface area contributed by atoms with Gasteiger partial charge in [-0.05, 0) is 7.05 Å². The van der Waals surface area contributed by atoms with Crippen molar-refractivity contribution in [3.63, 3.8) is 0 Å². The molecule has 38 valence electrons. The van der Waals surface area contributed by atoms with E-state index in [0.29, 0.717) is 0 Å². The summed E-state index contributed by atoms with van der Waals surface area (Å²) in [7, 11) is 6.83. The van der Waals surface area contributed by atoms with Gasteiger partial charge >= 0.3 is 0 Å². The molecule has 0 saturated carbocycles. The van der Waals surface area contributed by atoms with Gasteiger partial charge in [0.25, 0.3) is 0 Å². The molecule has 2 unspecified atom stereocenters. The largest absolute Gasteiger partial charge is 0.275 e. The molecular weight excluding hydrogens is 444 g/mol. The molecule has 2 atom stereocenters. The molecular formula is CH7NP2Y4. The molecule has 0 aliphatic carbocycles. The predicted octanol–water partition coefficient (Wildman–Crippen LogP) is 0.488. The second-order valence-electron chi connectivity index (χ2n) is 0.665. The minimum absolute atomic E-state index is 0. The van der Waals surface area contributed by atoms with Crippen molar-refractivity contribution in [2.45, 2.75) is 0 Å². The molecule has 4 radical (unpaired) electrons. The van der Waals surface area contributed by atoms with Crippen molar-refractivity contribution in [2.24, 2.45) is 0 Å². The minimum atomic E-state index is 0. The van der Waals surface area contributed by atoms with Crippen LogP contribution >= 0.6 is 18.8 Å². The fraction of sp³-hybridized carbons (Fsp3) is 1.00. The van der Waals surface area contributed by atoms with Crippen molar-refractivity contribution in [3.8, 4) is 0 Å². The topological polar surface area (TPSA) is 3.24 Å². The smallest absolute Gasteiger partial charge is 0 e. The molecule has 0 spiro atoms. The Labute approximate surface area is 157 Å². The number of hydrogen-bond acceptors (Lipinski definition) is 1. The van der Waals surface area contributed by atoms with Gasteiger partial charge < -0.3 is 0 Å². The Kier molecular flexibility index (Phi) is 83.2. The Morgan fingerprint density at radius 1 is 0.875 bits per heavy atom. The molecule has 0 amide bonds. The van der Waals surface area contributed by atoms with Gasteiger partial charge in [0, 0.05) is 131 Å². The van der Waals surface area contributed by atoms with Crippen molar-refractivity contribution in [1.82, 2.24) is 4.44 Å². The van der Waals surface area contributed by atoms with Gasteiger partial charge in [-0.1, -0.05) is 18.8 Å². The van der Waals surface area contributed by atoms with Gasteiger partial charge in [0.2, 0.25) is 0 Å². The molecule has 7 heteroatoms. The van der Waals surface area contributed by atoms with Gasteiger partial charge in [-0.2, -0.15) is 0 Å². The van der Waals surface area contributed by atoms with E-state index in [4.69, 9.17) is 0 Å². The van der Waals surface area contributed by atoms with Crippen LogP contribution in [0, 0.1) is 0 Å². The number of nitrogens with zero attached hydrogens (tertiary/aromatic N) is 1. The SMILES string of the molecule is CN(P)P.[Y].[Y].[Y].[Y]. The van der Waals surface area contributed by atoms with Crippen molar-refractivity contribution in [1.29, 1.82) is 0 Å². The standard InChI is InChI=1S/CH7NP2.4Y/c1-2(3)4;;;;/h3-4H2,1H3;;;;. The Morgan fingerprint density at radius 2 is 0.875 bits per heavy atom. The van der Waals surface area contributed by atoms with Crippen LogP contribution in [0.5, 0.6) is 0 Å². The zero-order valence-electron chi connectivity index (χ0n) is 4.91. The van der Waals surface area contributed by atoms with Crippen LogP contribution in [0.1, 0.15) is 0 Å². The van der Waals surface area contributed by atoms with Crippen LogP contribution in [0.25, 0.3) is 0 Å². The first kappa shape index (κ1) is 29.2. The van der Waals surface area contributed by atoms with Crippen LogP contribution in [0.2, 0.25) is 0 Å². The molecule has 0 bridgehead atoms. The van der Waals surface area contributed by atoms with Gasteiger partial charge in [-0.15, -0.1) is 0 Å². The minimum Gasteiger partial charge on any atom is -0.275 e. The van der Waals surface area contributed by atoms with Crippen molar-refractivity contribution in [3.05, 3.63) is 0 Å². The quantitative estimate of drug-likeness (QED) is 0.486. The van der Waals surface area contributed by atoms with E-state index >= 15 is 0 Å². The zero-order valence-corrected chi connectivity index (χ0v) is 18.6. The summed E-state index contributed by atoms with van der Waals surface area (Å²) in [5.74, 6) is 0. The van der Waals surface area contributed by atoms with Crippen LogP contribution in [0.4, 0.5) is 0 Å². The molecule has 0 aliphatic rings. The van der Waals surface area contributed by atoms with E-state index in [1.807, 2.05) is 11.5 Å². The van der Waals surface area contributed by atoms with E-state index in [-0.39, 0.29) is 131 Å². The maximum Gasteiger partial charge on any atom is 0 e. The molecule has 0 aromatic carbocycles. The van der Waals surface area contributed by atoms with Gasteiger partial charge in [-0.3, -0.25) is 4.44 Å². The average molecular weight is 451 g/mol. The number of hydrogen-bond donors (Lipinski definition) is 0. The van der Waals surface area contributed by atoms with Crippen LogP contribution in [0.3, 0.4) is 0 Å². The van der Waals surface area contributed by atoms with Gasteiger partial charge in [-0.25, -0.2) is 0 Å². The molecule has 0 aromatic rings. The summed E-state index contributed by atoms with van der Waals surface area (Å²) >= 11 is 0. The summed E-state index contributed by atoms with van der Waals surface area (Å²) in [4.78, 5) is 0. The molecule has 0 heterocycles. The Hall–Kier alpha value is 5.24. The zero-order chi connectivity index (χ0) is 3.58. The first-order valence-electron chi connectivity index (χ1n) is 0.964. The summed E-state index contributed by atoms with van der Waals surface area (Å²) in [6, 6.07) is 0. The second-order valence-corrected chi connectivity index (χ2v) is 2.89. The van der Waals surface area contributed by atoms with Gasteiger partial charge in [0.1, 0.15) is 0 Å². The van der Waals surface area contributed by atoms with Crippen LogP contribution < -0.4 is 0 Å². The first-order chi connectivity index (χ1) is 1.73. The Morgan fingerprint density at radius 3 is 0.875 bits per heavy atom. The van der Waals surface area contributed by atoms with Crippen molar-refractivity contribution >= 4 is 18.8 Å². The third-order valence-corrected chi connectivity index (χ3v) is 0.